The van der Waals surface area contributed by atoms with Crippen LogP contribution in [0.2, 0.25) is 4.71 Å². The molecule has 0 saturated carbocycles. The minimum atomic E-state index is -0.750. The molecule has 1 aromatic carbocycles. The summed E-state index contributed by atoms with van der Waals surface area (Å²) < 4.78 is 0.522. The Morgan fingerprint density at radius 3 is 2.95 bits per heavy atom. The molecule has 0 fully saturated rings. The quantitative estimate of drug-likeness (QED) is 0.104. The summed E-state index contributed by atoms with van der Waals surface area (Å²) in [5.74, 6) is -0.278. The fourth-order valence-electron chi connectivity index (χ4n) is 1.87. The number of hydrogen-bond donors (Lipinski definition) is 5. The van der Waals surface area contributed by atoms with Crippen molar-refractivity contribution in [3.05, 3.63) is 39.9 Å². The fraction of sp³-hybridized carbons (Fsp3) is 0.462. The first-order valence-corrected chi connectivity index (χ1v) is 8.43. The molecule has 0 aromatic heterocycles. The van der Waals surface area contributed by atoms with Crippen molar-refractivity contribution in [3.63, 3.8) is 0 Å². The van der Waals surface area contributed by atoms with Gasteiger partial charge in [0.05, 0.1) is 0 Å². The van der Waals surface area contributed by atoms with Gasteiger partial charge in [-0.05, 0) is 0 Å². The molecule has 2 atom stereocenters. The van der Waals surface area contributed by atoms with Gasteiger partial charge in [0.15, 0.2) is 0 Å². The van der Waals surface area contributed by atoms with Crippen LogP contribution in [0.5, 0.6) is 0 Å². The van der Waals surface area contributed by atoms with Gasteiger partial charge in [-0.3, -0.25) is 0 Å². The van der Waals surface area contributed by atoms with Gasteiger partial charge in [-0.15, -0.1) is 0 Å². The summed E-state index contributed by atoms with van der Waals surface area (Å²) in [6, 6.07) is 8.05. The van der Waals surface area contributed by atoms with Gasteiger partial charge in [-0.1, -0.05) is 0 Å². The van der Waals surface area contributed by atoms with E-state index in [-0.39, 0.29) is 5.96 Å². The predicted octanol–water partition coefficient (Wildman–Crippen LogP) is 0.0647. The van der Waals surface area contributed by atoms with Crippen molar-refractivity contribution in [1.82, 2.24) is 10.7 Å². The third kappa shape index (κ3) is 7.85. The van der Waals surface area contributed by atoms with E-state index in [9.17, 15) is 10.1 Å². The number of hydrogen-bond acceptors (Lipinski definition) is 5. The topological polar surface area (TPSA) is 129 Å². The van der Waals surface area contributed by atoms with E-state index >= 15 is 0 Å². The third-order valence-electron chi connectivity index (χ3n) is 2.99. The van der Waals surface area contributed by atoms with Crippen LogP contribution in [0.3, 0.4) is 0 Å². The van der Waals surface area contributed by atoms with E-state index in [4.69, 9.17) is 11.1 Å². The van der Waals surface area contributed by atoms with Gasteiger partial charge in [-0.25, -0.2) is 0 Å². The van der Waals surface area contributed by atoms with Crippen LogP contribution < -0.4 is 21.8 Å². The number of nitrogens with one attached hydrogen (secondary N) is 4. The summed E-state index contributed by atoms with van der Waals surface area (Å²) in [4.78, 5) is 10.1. The summed E-state index contributed by atoms with van der Waals surface area (Å²) in [5.41, 5.74) is 9.55. The Hall–Kier alpha value is -1.79. The van der Waals surface area contributed by atoms with Crippen molar-refractivity contribution in [3.8, 4) is 0 Å². The number of hydrazine groups is 1. The Bertz CT molecular complexity index is 499. The Labute approximate surface area is 138 Å². The number of nitro groups is 1. The van der Waals surface area contributed by atoms with Gasteiger partial charge in [-0.2, -0.15) is 0 Å². The molecular formula is C13H23AsN6O2. The zero-order valence-electron chi connectivity index (χ0n) is 12.3. The maximum atomic E-state index is 10.1. The van der Waals surface area contributed by atoms with E-state index in [1.807, 2.05) is 24.3 Å². The van der Waals surface area contributed by atoms with Crippen molar-refractivity contribution in [2.45, 2.75) is 24.1 Å². The van der Waals surface area contributed by atoms with Crippen LogP contribution in [0.4, 0.5) is 5.69 Å². The molecule has 1 unspecified atom stereocenters. The van der Waals surface area contributed by atoms with E-state index in [0.717, 1.165) is 30.6 Å². The molecule has 0 radical (unpaired) electrons. The first kappa shape index (κ1) is 18.3. The fourth-order valence-corrected chi connectivity index (χ4v) is 2.61. The van der Waals surface area contributed by atoms with Gasteiger partial charge in [0.2, 0.25) is 0 Å². The maximum absolute atomic E-state index is 10.1. The van der Waals surface area contributed by atoms with Crippen LogP contribution in [0, 0.1) is 15.5 Å². The monoisotopic (exact) mass is 370 g/mol. The average Bonchev–Trinajstić information content (AvgIpc) is 2.49. The molecule has 0 amide bonds. The molecule has 8 nitrogen and oxygen atoms in total. The molecule has 1 rings (SSSR count). The van der Waals surface area contributed by atoms with E-state index < -0.39 is 5.03 Å². The summed E-state index contributed by atoms with van der Waals surface area (Å²) in [7, 11) is 0. The molecule has 0 spiro atoms. The minimum absolute atomic E-state index is 0.278. The zero-order valence-corrected chi connectivity index (χ0v) is 14.8. The number of nitrogens with zero attached hydrogens (tertiary/aromatic N) is 1. The van der Waals surface area contributed by atoms with E-state index in [2.05, 4.69) is 10.6 Å². The second kappa shape index (κ2) is 10.0. The van der Waals surface area contributed by atoms with Crippen molar-refractivity contribution in [2.75, 3.05) is 18.4 Å². The number of rotatable bonds is 9. The third-order valence-corrected chi connectivity index (χ3v) is 4.18. The summed E-state index contributed by atoms with van der Waals surface area (Å²) in [6.45, 7) is 1.95. The Morgan fingerprint density at radius 1 is 1.50 bits per heavy atom. The molecule has 0 aliphatic rings. The second-order valence-corrected chi connectivity index (χ2v) is 6.84. The molecule has 1 aromatic rings. The molecule has 0 bridgehead atoms. The van der Waals surface area contributed by atoms with Gasteiger partial charge in [0, 0.05) is 0 Å². The first-order chi connectivity index (χ1) is 10.5. The molecule has 0 aliphatic carbocycles. The average molecular weight is 370 g/mol. The van der Waals surface area contributed by atoms with Crippen LogP contribution in [0.25, 0.3) is 0 Å². The number of anilines is 1. The normalized spacial score (nSPS) is 11.5. The number of benzene rings is 1. The predicted molar refractivity (Wildman–Crippen MR) is 90.2 cm³/mol. The van der Waals surface area contributed by atoms with Gasteiger partial charge in [0.25, 0.3) is 0 Å². The van der Waals surface area contributed by atoms with Gasteiger partial charge in [0.1, 0.15) is 0 Å². The molecule has 0 aliphatic heterocycles. The SMILES string of the molecule is N=C(NCCC[C@H]([AsH2])CNc1cccc(CN)c1)N[N+](=O)[O-]. The van der Waals surface area contributed by atoms with Gasteiger partial charge < -0.3 is 0 Å². The second-order valence-electron chi connectivity index (χ2n) is 4.86. The van der Waals surface area contributed by atoms with E-state index in [0.29, 0.717) is 17.8 Å². The molecule has 9 heteroatoms. The van der Waals surface area contributed by atoms with Crippen LogP contribution in [-0.4, -0.2) is 40.9 Å². The first-order valence-electron chi connectivity index (χ1n) is 7.03. The summed E-state index contributed by atoms with van der Waals surface area (Å²) in [5, 5.41) is 22.7. The summed E-state index contributed by atoms with van der Waals surface area (Å²) in [6.07, 6.45) is 1.84. The van der Waals surface area contributed by atoms with Crippen molar-refractivity contribution < 1.29 is 5.03 Å². The Morgan fingerprint density at radius 2 is 2.27 bits per heavy atom. The zero-order chi connectivity index (χ0) is 16.4. The number of nitrogens with two attached hydrogens (primary N) is 1. The van der Waals surface area contributed by atoms with Crippen LogP contribution in [0.1, 0.15) is 18.4 Å². The van der Waals surface area contributed by atoms with Crippen molar-refractivity contribution in [1.29, 1.82) is 5.41 Å². The van der Waals surface area contributed by atoms with Crippen molar-refractivity contribution >= 4 is 28.5 Å². The molecule has 0 saturated heterocycles. The summed E-state index contributed by atoms with van der Waals surface area (Å²) >= 11 is 1.66. The van der Waals surface area contributed by atoms with Crippen LogP contribution in [-0.2, 0) is 6.54 Å². The Balaban J connectivity index is 2.16. The van der Waals surface area contributed by atoms with E-state index in [1.54, 1.807) is 22.3 Å². The molecule has 22 heavy (non-hydrogen) atoms. The standard InChI is InChI=1S/C13H23AsN6O2/c14-11(4-2-6-17-13(16)19-20(21)22)9-18-12-5-1-3-10(7-12)8-15/h1,3,5,7,11,18H,2,4,6,8-9,14-15H2,(H3,16,17,19)/t11-/m0/s1. The van der Waals surface area contributed by atoms with Crippen molar-refractivity contribution in [2.24, 2.45) is 5.73 Å². The van der Waals surface area contributed by atoms with Crippen LogP contribution in [0.15, 0.2) is 24.3 Å². The molecular weight excluding hydrogens is 347 g/mol. The Kier molecular flexibility index (Phi) is 8.32. The van der Waals surface area contributed by atoms with Crippen LogP contribution >= 0.6 is 0 Å². The molecule has 122 valence electrons. The number of guanidine groups is 1. The van der Waals surface area contributed by atoms with Gasteiger partial charge >= 0.3 is 138 Å². The molecule has 6 N–H and O–H groups in total. The van der Waals surface area contributed by atoms with E-state index in [1.165, 1.54) is 0 Å². The molecule has 0 heterocycles.